The summed E-state index contributed by atoms with van der Waals surface area (Å²) in [6.07, 6.45) is 2.35. The molecular formula is C19H27N3O2. The van der Waals surface area contributed by atoms with Crippen molar-refractivity contribution in [2.75, 3.05) is 33.0 Å². The van der Waals surface area contributed by atoms with Crippen LogP contribution in [-0.4, -0.2) is 54.5 Å². The highest BCUT2D eigenvalue weighted by atomic mass is 16.5. The van der Waals surface area contributed by atoms with E-state index in [0.717, 1.165) is 50.4 Å². The summed E-state index contributed by atoms with van der Waals surface area (Å²) in [5.41, 5.74) is 3.49. The Balaban J connectivity index is 1.69. The zero-order chi connectivity index (χ0) is 16.9. The largest absolute Gasteiger partial charge is 0.379 e. The van der Waals surface area contributed by atoms with Crippen molar-refractivity contribution in [3.63, 3.8) is 0 Å². The predicted molar refractivity (Wildman–Crippen MR) is 94.9 cm³/mol. The molecule has 2 heterocycles. The molecule has 1 aromatic carbocycles. The Morgan fingerprint density at radius 1 is 1.12 bits per heavy atom. The highest BCUT2D eigenvalue weighted by Crippen LogP contribution is 2.17. The van der Waals surface area contributed by atoms with Gasteiger partial charge in [0.1, 0.15) is 0 Å². The molecule has 2 aliphatic rings. The summed E-state index contributed by atoms with van der Waals surface area (Å²) in [6.45, 7) is 8.21. The van der Waals surface area contributed by atoms with Crippen LogP contribution in [0, 0.1) is 5.92 Å². The monoisotopic (exact) mass is 329 g/mol. The van der Waals surface area contributed by atoms with Gasteiger partial charge in [-0.3, -0.25) is 9.69 Å². The first kappa shape index (κ1) is 17.1. The van der Waals surface area contributed by atoms with Crippen LogP contribution < -0.4 is 0 Å². The fourth-order valence-electron chi connectivity index (χ4n) is 3.16. The van der Waals surface area contributed by atoms with Crippen molar-refractivity contribution in [1.29, 1.82) is 0 Å². The molecule has 0 atom stereocenters. The third kappa shape index (κ3) is 4.42. The fraction of sp³-hybridized carbons (Fsp3) is 0.579. The number of ether oxygens (including phenoxy) is 1. The molecule has 0 spiro atoms. The molecule has 0 N–H and O–H groups in total. The van der Waals surface area contributed by atoms with Crippen molar-refractivity contribution in [2.45, 2.75) is 33.1 Å². The van der Waals surface area contributed by atoms with E-state index in [2.05, 4.69) is 48.1 Å². The second-order valence-corrected chi connectivity index (χ2v) is 7.01. The molecule has 130 valence electrons. The topological polar surface area (TPSA) is 45.1 Å². The highest BCUT2D eigenvalue weighted by molar-refractivity contribution is 6.04. The Morgan fingerprint density at radius 2 is 1.83 bits per heavy atom. The number of hydrazone groups is 1. The van der Waals surface area contributed by atoms with E-state index in [9.17, 15) is 4.79 Å². The van der Waals surface area contributed by atoms with Gasteiger partial charge in [-0.25, -0.2) is 5.01 Å². The molecule has 3 rings (SSSR count). The van der Waals surface area contributed by atoms with E-state index in [0.29, 0.717) is 19.0 Å². The third-order valence-electron chi connectivity index (χ3n) is 4.47. The number of hydrogen-bond donors (Lipinski definition) is 0. The SMILES string of the molecule is CC(C)Cc1ccc(C2=NN(CN3CCOCC3)C(=O)CC2)cc1. The van der Waals surface area contributed by atoms with Crippen LogP contribution in [0.25, 0.3) is 0 Å². The average molecular weight is 329 g/mol. The number of nitrogens with zero attached hydrogens (tertiary/aromatic N) is 3. The zero-order valence-corrected chi connectivity index (χ0v) is 14.7. The van der Waals surface area contributed by atoms with Crippen molar-refractivity contribution < 1.29 is 9.53 Å². The standard InChI is InChI=1S/C19H27N3O2/c1-15(2)13-16-3-5-17(6-4-16)18-7-8-19(23)22(20-18)14-21-9-11-24-12-10-21/h3-6,15H,7-14H2,1-2H3. The minimum absolute atomic E-state index is 0.113. The highest BCUT2D eigenvalue weighted by Gasteiger charge is 2.24. The molecule has 2 aliphatic heterocycles. The fourth-order valence-corrected chi connectivity index (χ4v) is 3.16. The van der Waals surface area contributed by atoms with Gasteiger partial charge >= 0.3 is 0 Å². The van der Waals surface area contributed by atoms with Crippen LogP contribution in [0.3, 0.4) is 0 Å². The second kappa shape index (κ2) is 7.90. The minimum atomic E-state index is 0.113. The summed E-state index contributed by atoms with van der Waals surface area (Å²) >= 11 is 0. The molecule has 5 nitrogen and oxygen atoms in total. The lowest BCUT2D eigenvalue weighted by Gasteiger charge is -2.32. The van der Waals surface area contributed by atoms with Gasteiger partial charge in [-0.2, -0.15) is 5.10 Å². The maximum absolute atomic E-state index is 12.2. The molecular weight excluding hydrogens is 302 g/mol. The second-order valence-electron chi connectivity index (χ2n) is 7.01. The molecule has 1 saturated heterocycles. The van der Waals surface area contributed by atoms with Crippen LogP contribution in [0.2, 0.25) is 0 Å². The zero-order valence-electron chi connectivity index (χ0n) is 14.7. The Bertz CT molecular complexity index is 589. The van der Waals surface area contributed by atoms with Gasteiger partial charge in [0.15, 0.2) is 0 Å². The maximum Gasteiger partial charge on any atom is 0.244 e. The van der Waals surface area contributed by atoms with E-state index in [1.807, 2.05) is 0 Å². The lowest BCUT2D eigenvalue weighted by Crippen LogP contribution is -2.45. The molecule has 1 aromatic rings. The molecule has 1 fully saturated rings. The Morgan fingerprint density at radius 3 is 2.50 bits per heavy atom. The molecule has 5 heteroatoms. The van der Waals surface area contributed by atoms with Gasteiger partial charge in [0.2, 0.25) is 5.91 Å². The first-order valence-corrected chi connectivity index (χ1v) is 8.89. The van der Waals surface area contributed by atoms with Gasteiger partial charge in [-0.15, -0.1) is 0 Å². The van der Waals surface area contributed by atoms with Gasteiger partial charge in [-0.1, -0.05) is 38.1 Å². The van der Waals surface area contributed by atoms with Crippen molar-refractivity contribution in [1.82, 2.24) is 9.91 Å². The third-order valence-corrected chi connectivity index (χ3v) is 4.47. The van der Waals surface area contributed by atoms with Gasteiger partial charge in [-0.05, 0) is 23.5 Å². The van der Waals surface area contributed by atoms with Crippen LogP contribution in [0.5, 0.6) is 0 Å². The molecule has 0 radical (unpaired) electrons. The molecule has 0 aliphatic carbocycles. The average Bonchev–Trinajstić information content (AvgIpc) is 2.58. The van der Waals surface area contributed by atoms with Crippen LogP contribution in [0.4, 0.5) is 0 Å². The summed E-state index contributed by atoms with van der Waals surface area (Å²) in [5, 5.41) is 6.27. The molecule has 0 aromatic heterocycles. The molecule has 1 amide bonds. The number of carbonyl (C=O) groups is 1. The smallest absolute Gasteiger partial charge is 0.244 e. The molecule has 0 bridgehead atoms. The lowest BCUT2D eigenvalue weighted by atomic mass is 9.99. The normalized spacial score (nSPS) is 19.7. The van der Waals surface area contributed by atoms with Crippen LogP contribution in [0.15, 0.2) is 29.4 Å². The maximum atomic E-state index is 12.2. The summed E-state index contributed by atoms with van der Waals surface area (Å²) in [7, 11) is 0. The number of benzene rings is 1. The summed E-state index contributed by atoms with van der Waals surface area (Å²) in [6, 6.07) is 8.64. The van der Waals surface area contributed by atoms with Gasteiger partial charge in [0.05, 0.1) is 25.6 Å². The lowest BCUT2D eigenvalue weighted by molar-refractivity contribution is -0.135. The van der Waals surface area contributed by atoms with E-state index in [4.69, 9.17) is 4.74 Å². The number of carbonyl (C=O) groups excluding carboxylic acids is 1. The first-order valence-electron chi connectivity index (χ1n) is 8.89. The Kier molecular flexibility index (Phi) is 5.63. The summed E-state index contributed by atoms with van der Waals surface area (Å²) in [4.78, 5) is 14.4. The molecule has 24 heavy (non-hydrogen) atoms. The van der Waals surface area contributed by atoms with E-state index < -0.39 is 0 Å². The van der Waals surface area contributed by atoms with E-state index in [1.165, 1.54) is 5.56 Å². The quantitative estimate of drug-likeness (QED) is 0.834. The van der Waals surface area contributed by atoms with E-state index in [-0.39, 0.29) is 5.91 Å². The molecule has 0 unspecified atom stereocenters. The Hall–Kier alpha value is -1.72. The van der Waals surface area contributed by atoms with Crippen molar-refractivity contribution in [3.8, 4) is 0 Å². The van der Waals surface area contributed by atoms with Crippen molar-refractivity contribution in [3.05, 3.63) is 35.4 Å². The van der Waals surface area contributed by atoms with E-state index in [1.54, 1.807) is 5.01 Å². The van der Waals surface area contributed by atoms with Gasteiger partial charge in [0, 0.05) is 25.9 Å². The van der Waals surface area contributed by atoms with Crippen LogP contribution in [0.1, 0.15) is 37.8 Å². The summed E-state index contributed by atoms with van der Waals surface area (Å²) < 4.78 is 5.36. The van der Waals surface area contributed by atoms with Gasteiger partial charge in [0.25, 0.3) is 0 Å². The number of hydrogen-bond acceptors (Lipinski definition) is 4. The minimum Gasteiger partial charge on any atom is -0.379 e. The van der Waals surface area contributed by atoms with Crippen LogP contribution in [-0.2, 0) is 16.0 Å². The van der Waals surface area contributed by atoms with Crippen LogP contribution >= 0.6 is 0 Å². The van der Waals surface area contributed by atoms with E-state index >= 15 is 0 Å². The number of rotatable bonds is 5. The summed E-state index contributed by atoms with van der Waals surface area (Å²) in [5.74, 6) is 0.770. The first-order chi connectivity index (χ1) is 11.6. The molecule has 0 saturated carbocycles. The number of amides is 1. The van der Waals surface area contributed by atoms with Crippen molar-refractivity contribution in [2.24, 2.45) is 11.0 Å². The van der Waals surface area contributed by atoms with Gasteiger partial charge < -0.3 is 4.74 Å². The van der Waals surface area contributed by atoms with Crippen molar-refractivity contribution >= 4 is 11.6 Å². The number of morpholine rings is 1. The predicted octanol–water partition coefficient (Wildman–Crippen LogP) is 2.50. The Labute approximate surface area is 144 Å².